The van der Waals surface area contributed by atoms with E-state index < -0.39 is 85.9 Å². The minimum atomic E-state index is -4.94. The van der Waals surface area contributed by atoms with E-state index in [9.17, 15) is 36.0 Å². The quantitative estimate of drug-likeness (QED) is 0.171. The number of halogens is 3. The number of rotatable bonds is 11. The molecule has 1 aromatic carbocycles. The van der Waals surface area contributed by atoms with Crippen molar-refractivity contribution in [1.82, 2.24) is 30.2 Å². The van der Waals surface area contributed by atoms with Gasteiger partial charge in [0.15, 0.2) is 0 Å². The lowest BCUT2D eigenvalue weighted by molar-refractivity contribution is -0.244. The number of benzene rings is 1. The molecule has 4 amide bonds. The molecular formula is C47H59F3N6O10S. The van der Waals surface area contributed by atoms with Crippen molar-refractivity contribution in [3.63, 3.8) is 0 Å². The number of nitrogens with one attached hydrogen (secondary N) is 3. The van der Waals surface area contributed by atoms with E-state index in [0.717, 1.165) is 0 Å². The number of methoxy groups -OCH3 is 1. The van der Waals surface area contributed by atoms with Crippen LogP contribution in [0.2, 0.25) is 0 Å². The average molecular weight is 957 g/mol. The minimum Gasteiger partial charge on any atom is -0.497 e. The zero-order chi connectivity index (χ0) is 48.9. The predicted molar refractivity (Wildman–Crippen MR) is 240 cm³/mol. The topological polar surface area (TPSA) is 204 Å². The fraction of sp³-hybridized carbons (Fsp3) is 0.574. The number of allylic oxidation sites excluding steroid dienone is 1. The van der Waals surface area contributed by atoms with Crippen molar-refractivity contribution in [1.29, 1.82) is 0 Å². The van der Waals surface area contributed by atoms with Crippen LogP contribution in [-0.4, -0.2) is 107 Å². The molecule has 3 fully saturated rings. The van der Waals surface area contributed by atoms with Crippen LogP contribution in [0.15, 0.2) is 54.7 Å². The number of hydrogen-bond donors (Lipinski definition) is 3. The lowest BCUT2D eigenvalue weighted by atomic mass is 9.88. The summed E-state index contributed by atoms with van der Waals surface area (Å²) in [6.45, 7) is 10.0. The second-order valence-corrected chi connectivity index (χ2v) is 21.6. The first-order valence-electron chi connectivity index (χ1n) is 22.6. The Kier molecular flexibility index (Phi) is 13.6. The van der Waals surface area contributed by atoms with Crippen LogP contribution < -0.4 is 29.6 Å². The Labute approximate surface area is 388 Å². The van der Waals surface area contributed by atoms with Crippen LogP contribution in [-0.2, 0) is 29.1 Å². The molecule has 2 saturated carbocycles. The molecule has 2 aromatic heterocycles. The minimum absolute atomic E-state index is 0.0641. The second kappa shape index (κ2) is 18.4. The molecule has 3 N–H and O–H groups in total. The largest absolute Gasteiger partial charge is 0.497 e. The fourth-order valence-corrected chi connectivity index (χ4v) is 9.92. The molecule has 0 spiro atoms. The second-order valence-electron chi connectivity index (χ2n) is 19.4. The monoisotopic (exact) mass is 956 g/mol. The van der Waals surface area contributed by atoms with Crippen molar-refractivity contribution in [3.8, 4) is 28.8 Å². The van der Waals surface area contributed by atoms with Crippen LogP contribution in [0.25, 0.3) is 22.0 Å². The number of aromatic nitrogens is 2. The maximum Gasteiger partial charge on any atom is 0.427 e. The van der Waals surface area contributed by atoms with Crippen LogP contribution in [0.4, 0.5) is 18.0 Å². The number of hydrogen-bond acceptors (Lipinski definition) is 12. The van der Waals surface area contributed by atoms with Gasteiger partial charge in [0, 0.05) is 35.6 Å². The lowest BCUT2D eigenvalue weighted by Gasteiger charge is -2.34. The van der Waals surface area contributed by atoms with Crippen LogP contribution in [0.1, 0.15) is 93.4 Å². The van der Waals surface area contributed by atoms with Crippen molar-refractivity contribution in [2.75, 3.05) is 13.7 Å². The summed E-state index contributed by atoms with van der Waals surface area (Å²) >= 11 is 0. The molecule has 0 radical (unpaired) electrons. The van der Waals surface area contributed by atoms with Gasteiger partial charge in [0.1, 0.15) is 29.5 Å². The molecular weight excluding hydrogens is 898 g/mol. The van der Waals surface area contributed by atoms with E-state index in [2.05, 4.69) is 20.3 Å². The maximum atomic E-state index is 15.0. The number of carbonyl (C=O) groups is 4. The highest BCUT2D eigenvalue weighted by atomic mass is 32.2. The number of amides is 4. The smallest absolute Gasteiger partial charge is 0.427 e. The van der Waals surface area contributed by atoms with Crippen molar-refractivity contribution in [3.05, 3.63) is 54.7 Å². The number of ether oxygens (including phenoxy) is 4. The SMILES string of the molecule is COc1ccc2c(O[C@@H]3C[C@H]4C(=O)N[C@]5(C(=O)NS(=O)(=O)C6(C)CC6)C[C@H]5/C=C\CC[C@@H](C)C[C@@H](C)[C@H](NC(=O)OC(C)(C)C(F)(F)F)C(=O)N4C3)nc(-c3ccc(OC(C)C)nc3)cc2c1. The molecule has 3 aromatic rings. The van der Waals surface area contributed by atoms with E-state index in [1.54, 1.807) is 49.5 Å². The summed E-state index contributed by atoms with van der Waals surface area (Å²) in [5, 5.41) is 6.46. The van der Waals surface area contributed by atoms with Gasteiger partial charge in [-0.3, -0.25) is 19.1 Å². The van der Waals surface area contributed by atoms with Crippen LogP contribution in [0, 0.1) is 17.8 Å². The van der Waals surface area contributed by atoms with Gasteiger partial charge < -0.3 is 34.5 Å². The Balaban J connectivity index is 1.26. The number of pyridine rings is 2. The molecule has 4 aliphatic rings. The number of sulfonamides is 1. The van der Waals surface area contributed by atoms with Crippen LogP contribution in [0.5, 0.6) is 17.5 Å². The Morgan fingerprint density at radius 3 is 2.42 bits per heavy atom. The van der Waals surface area contributed by atoms with Crippen LogP contribution in [0.3, 0.4) is 0 Å². The normalized spacial score (nSPS) is 27.1. The average Bonchev–Trinajstić information content (AvgIpc) is 4.13. The molecule has 364 valence electrons. The summed E-state index contributed by atoms with van der Waals surface area (Å²) < 4.78 is 92.1. The van der Waals surface area contributed by atoms with Gasteiger partial charge in [-0.2, -0.15) is 13.2 Å². The summed E-state index contributed by atoms with van der Waals surface area (Å²) in [5.41, 5.74) is -3.51. The van der Waals surface area contributed by atoms with E-state index in [4.69, 9.17) is 23.9 Å². The first-order valence-corrected chi connectivity index (χ1v) is 24.0. The Bertz CT molecular complexity index is 2530. The molecule has 4 heterocycles. The first-order chi connectivity index (χ1) is 31.3. The molecule has 0 unspecified atom stereocenters. The number of alkyl carbamates (subject to hydrolysis) is 1. The molecule has 67 heavy (non-hydrogen) atoms. The molecule has 20 heteroatoms. The highest BCUT2D eigenvalue weighted by Gasteiger charge is 2.63. The standard InChI is InChI=1S/C47H59F3N6O10S/c1-26(2)64-37-16-13-29(24-51-37)35-21-30-20-32(63-8)14-15-34(30)40(52-35)65-33-22-36-39(57)54-46(42(59)55-67(61,62)45(7)17-18-45)23-31(46)12-10-9-11-27(3)19-28(4)38(41(58)56(36)25-33)53-43(60)66-44(5,6)47(48,49)50/h10,12-16,20-21,24,26-28,31,33,36,38H,9,11,17-19,22-23,25H2,1-8H3,(H,53,60)(H,54,57)(H,55,59)/b12-10-/t27-,28-,31-,33-,36+,38+,46-/m1/s1. The van der Waals surface area contributed by atoms with E-state index in [-0.39, 0.29) is 37.3 Å². The third kappa shape index (κ3) is 10.6. The van der Waals surface area contributed by atoms with Crippen molar-refractivity contribution in [2.24, 2.45) is 17.8 Å². The van der Waals surface area contributed by atoms with Crippen molar-refractivity contribution >= 4 is 44.6 Å². The summed E-state index contributed by atoms with van der Waals surface area (Å²) in [5.74, 6) is -2.74. The molecule has 16 nitrogen and oxygen atoms in total. The third-order valence-electron chi connectivity index (χ3n) is 13.2. The highest BCUT2D eigenvalue weighted by molar-refractivity contribution is 7.91. The number of nitrogens with zero attached hydrogens (tertiary/aromatic N) is 3. The predicted octanol–water partition coefficient (Wildman–Crippen LogP) is 6.76. The van der Waals surface area contributed by atoms with Gasteiger partial charge >= 0.3 is 12.3 Å². The van der Waals surface area contributed by atoms with E-state index >= 15 is 4.79 Å². The third-order valence-corrected chi connectivity index (χ3v) is 15.4. The van der Waals surface area contributed by atoms with E-state index in [0.29, 0.717) is 79.6 Å². The van der Waals surface area contributed by atoms with Crippen molar-refractivity contribution in [2.45, 2.75) is 140 Å². The van der Waals surface area contributed by atoms with Gasteiger partial charge in [-0.15, -0.1) is 0 Å². The zero-order valence-electron chi connectivity index (χ0n) is 38.9. The van der Waals surface area contributed by atoms with Gasteiger partial charge in [0.2, 0.25) is 39.2 Å². The Morgan fingerprint density at radius 1 is 1.04 bits per heavy atom. The maximum absolute atomic E-state index is 15.0. The molecule has 1 saturated heterocycles. The lowest BCUT2D eigenvalue weighted by Crippen LogP contribution is -2.59. The Morgan fingerprint density at radius 2 is 1.78 bits per heavy atom. The number of fused-ring (bicyclic) bond motifs is 3. The molecule has 7 atom stereocenters. The summed E-state index contributed by atoms with van der Waals surface area (Å²) in [7, 11) is -2.59. The van der Waals surface area contributed by atoms with Gasteiger partial charge in [-0.25, -0.2) is 23.2 Å². The summed E-state index contributed by atoms with van der Waals surface area (Å²) in [6.07, 6.45) is -0.131. The molecule has 0 bridgehead atoms. The Hall–Kier alpha value is -5.66. The van der Waals surface area contributed by atoms with Gasteiger partial charge in [0.05, 0.1) is 30.2 Å². The number of carbonyl (C=O) groups excluding carboxylic acids is 4. The van der Waals surface area contributed by atoms with E-state index in [1.807, 2.05) is 32.9 Å². The first kappa shape index (κ1) is 49.3. The zero-order valence-corrected chi connectivity index (χ0v) is 39.7. The summed E-state index contributed by atoms with van der Waals surface area (Å²) in [4.78, 5) is 67.7. The molecule has 7 rings (SSSR count). The summed E-state index contributed by atoms with van der Waals surface area (Å²) in [6, 6.07) is 7.73. The van der Waals surface area contributed by atoms with Gasteiger partial charge in [0.25, 0.3) is 5.91 Å². The fourth-order valence-electron chi connectivity index (χ4n) is 8.61. The van der Waals surface area contributed by atoms with Gasteiger partial charge in [-0.1, -0.05) is 26.0 Å². The molecule has 2 aliphatic carbocycles. The van der Waals surface area contributed by atoms with Gasteiger partial charge in [-0.05, 0) is 121 Å². The number of alkyl halides is 3. The van der Waals surface area contributed by atoms with Crippen molar-refractivity contribution < 1.29 is 59.7 Å². The van der Waals surface area contributed by atoms with E-state index in [1.165, 1.54) is 18.9 Å². The van der Waals surface area contributed by atoms with Crippen LogP contribution >= 0.6 is 0 Å². The highest BCUT2D eigenvalue weighted by Crippen LogP contribution is 2.48. The molecule has 2 aliphatic heterocycles.